The van der Waals surface area contributed by atoms with Gasteiger partial charge in [-0.1, -0.05) is 145 Å². The molecule has 0 bridgehead atoms. The first-order valence-corrected chi connectivity index (χ1v) is 22.0. The average Bonchev–Trinajstić information content (AvgIpc) is 3.57. The zero-order valence-electron chi connectivity index (χ0n) is 39.3. The molecule has 0 N–H and O–H groups in total. The summed E-state index contributed by atoms with van der Waals surface area (Å²) in [7, 11) is 0. The van der Waals surface area contributed by atoms with Gasteiger partial charge in [-0.3, -0.25) is 10.8 Å². The minimum Gasteiger partial charge on any atom is -0.518 e. The smallest absolute Gasteiger partial charge is 0.518 e. The molecular weight excluding hydrogens is 720 g/mol. The first-order valence-electron chi connectivity index (χ1n) is 22.0. The van der Waals surface area contributed by atoms with Gasteiger partial charge in [0.2, 0.25) is 0 Å². The zero-order valence-corrected chi connectivity index (χ0v) is 42.4. The molecule has 0 amide bonds. The van der Waals surface area contributed by atoms with E-state index in [1.165, 1.54) is 0 Å². The molecule has 0 heterocycles. The van der Waals surface area contributed by atoms with E-state index >= 15 is 0 Å². The molecule has 6 rings (SSSR count). The quantitative estimate of drug-likeness (QED) is 0.184. The number of hydrogen-bond acceptors (Lipinski definition) is 0. The van der Waals surface area contributed by atoms with Crippen molar-refractivity contribution in [2.75, 3.05) is 0 Å². The molecule has 4 aliphatic carbocycles. The minimum absolute atomic E-state index is 0. The van der Waals surface area contributed by atoms with Crippen LogP contribution in [-0.4, -0.2) is 0 Å². The van der Waals surface area contributed by atoms with Gasteiger partial charge in [-0.25, -0.2) is 0 Å². The van der Waals surface area contributed by atoms with Gasteiger partial charge in [-0.05, 0) is 118 Å². The third-order valence-corrected chi connectivity index (χ3v) is 18.4. The van der Waals surface area contributed by atoms with E-state index in [1.54, 1.807) is 0 Å². The Morgan fingerprint density at radius 2 is 0.389 bits per heavy atom. The molecule has 0 spiro atoms. The number of rotatable bonds is 0. The Kier molecular flexibility index (Phi) is 23.4. The Labute approximate surface area is 369 Å². The maximum Gasteiger partial charge on any atom is 4.00 e. The van der Waals surface area contributed by atoms with E-state index in [-0.39, 0.29) is 43.4 Å². The molecule has 0 saturated heterocycles. The standard InChI is InChI=1S/C12H8.4C10H20.2Ti/c1-9-7-11-5-3-4-6-12(11)8-10(9)2;4*1-6-7(2)9(4)10(5)8(6)3;;/h3-6H,1-2H2;4*6-10H,1-5H3;;/q-4;;;;;2*+4. The van der Waals surface area contributed by atoms with Gasteiger partial charge in [-0.2, -0.15) is 6.07 Å². The monoisotopic (exact) mass is 809 g/mol. The SMILES string of the molecule is CC1C(C)C(C)C(C)C1C.CC1C(C)C(C)C(C)C1C.CC1C(C)C(C)C(C)C1C.CC1C(C)C(C)C(C)C1C.[CH2-]c1[c-]c2ccccc2[c-]c1[CH2-].[Ti+4].[Ti+4]. The third kappa shape index (κ3) is 12.7. The van der Waals surface area contributed by atoms with Gasteiger partial charge in [0.05, 0.1) is 0 Å². The molecule has 0 aliphatic heterocycles. The predicted octanol–water partition coefficient (Wildman–Crippen LogP) is 15.5. The fraction of sp³-hybridized carbons (Fsp3) is 0.769. The van der Waals surface area contributed by atoms with Crippen molar-refractivity contribution in [1.82, 2.24) is 0 Å². The summed E-state index contributed by atoms with van der Waals surface area (Å²) in [4.78, 5) is 0. The van der Waals surface area contributed by atoms with Crippen LogP contribution < -0.4 is 0 Å². The van der Waals surface area contributed by atoms with Crippen LogP contribution in [0, 0.1) is 144 Å². The van der Waals surface area contributed by atoms with E-state index in [2.05, 4.69) is 164 Å². The van der Waals surface area contributed by atoms with Crippen molar-refractivity contribution in [2.24, 2.45) is 118 Å². The van der Waals surface area contributed by atoms with Crippen LogP contribution in [0.4, 0.5) is 0 Å². The Hall–Kier alpha value is -0.131. The van der Waals surface area contributed by atoms with Crippen LogP contribution in [0.3, 0.4) is 0 Å². The van der Waals surface area contributed by atoms with E-state index in [9.17, 15) is 0 Å². The second-order valence-electron chi connectivity index (χ2n) is 19.9. The van der Waals surface area contributed by atoms with Gasteiger partial charge in [0.15, 0.2) is 0 Å². The van der Waals surface area contributed by atoms with Crippen LogP contribution >= 0.6 is 0 Å². The molecule has 54 heavy (non-hydrogen) atoms. The Bertz CT molecular complexity index is 993. The molecule has 300 valence electrons. The van der Waals surface area contributed by atoms with Crippen molar-refractivity contribution < 1.29 is 43.4 Å². The van der Waals surface area contributed by atoms with Crippen LogP contribution in [0.15, 0.2) is 24.3 Å². The summed E-state index contributed by atoms with van der Waals surface area (Å²) < 4.78 is 0. The van der Waals surface area contributed by atoms with Crippen molar-refractivity contribution in [1.29, 1.82) is 0 Å². The molecule has 0 atom stereocenters. The van der Waals surface area contributed by atoms with Crippen LogP contribution in [-0.2, 0) is 43.4 Å². The first kappa shape index (κ1) is 53.9. The number of hydrogen-bond donors (Lipinski definition) is 0. The van der Waals surface area contributed by atoms with E-state index in [1.807, 2.05) is 24.3 Å². The largest absolute Gasteiger partial charge is 4.00 e. The van der Waals surface area contributed by atoms with Crippen LogP contribution in [0.1, 0.15) is 150 Å². The normalized spacial score (nSPS) is 43.4. The summed E-state index contributed by atoms with van der Waals surface area (Å²) in [5, 5.41) is 2.10. The van der Waals surface area contributed by atoms with Crippen molar-refractivity contribution in [3.63, 3.8) is 0 Å². The topological polar surface area (TPSA) is 0 Å². The maximum atomic E-state index is 3.82. The average molecular weight is 809 g/mol. The predicted molar refractivity (Wildman–Crippen MR) is 234 cm³/mol. The fourth-order valence-electron chi connectivity index (χ4n) is 10.8. The Balaban J connectivity index is 0.000000646. The van der Waals surface area contributed by atoms with Gasteiger partial charge in [0.25, 0.3) is 0 Å². The molecule has 2 aromatic carbocycles. The summed E-state index contributed by atoms with van der Waals surface area (Å²) in [5.41, 5.74) is 1.66. The summed E-state index contributed by atoms with van der Waals surface area (Å²) >= 11 is 0. The molecule has 2 heteroatoms. The van der Waals surface area contributed by atoms with E-state index in [4.69, 9.17) is 0 Å². The maximum absolute atomic E-state index is 3.82. The Morgan fingerprint density at radius 3 is 0.500 bits per heavy atom. The van der Waals surface area contributed by atoms with Crippen molar-refractivity contribution >= 4 is 10.8 Å². The first-order chi connectivity index (χ1) is 24.0. The van der Waals surface area contributed by atoms with Gasteiger partial charge in [0, 0.05) is 0 Å². The fourth-order valence-corrected chi connectivity index (χ4v) is 10.8. The van der Waals surface area contributed by atoms with Crippen LogP contribution in [0.5, 0.6) is 0 Å². The summed E-state index contributed by atoms with van der Waals surface area (Å²) in [6.45, 7) is 55.6. The Morgan fingerprint density at radius 1 is 0.278 bits per heavy atom. The second-order valence-corrected chi connectivity index (χ2v) is 19.9. The van der Waals surface area contributed by atoms with E-state index in [0.717, 1.165) is 140 Å². The molecular formula is C52H88Ti2+4. The molecule has 0 nitrogen and oxygen atoms in total. The van der Waals surface area contributed by atoms with Crippen LogP contribution in [0.2, 0.25) is 0 Å². The summed E-state index contributed by atoms with van der Waals surface area (Å²) in [5.74, 6) is 18.7. The van der Waals surface area contributed by atoms with Gasteiger partial charge < -0.3 is 37.1 Å². The zero-order chi connectivity index (χ0) is 40.1. The van der Waals surface area contributed by atoms with Crippen molar-refractivity contribution in [3.05, 3.63) is 61.4 Å². The van der Waals surface area contributed by atoms with Gasteiger partial charge in [-0.15, -0.1) is 12.1 Å². The second kappa shape index (κ2) is 23.5. The number of fused-ring (bicyclic) bond motifs is 1. The molecule has 2 aromatic rings. The van der Waals surface area contributed by atoms with E-state index in [0.29, 0.717) is 0 Å². The molecule has 4 aliphatic rings. The molecule has 4 fully saturated rings. The molecule has 0 unspecified atom stereocenters. The third-order valence-electron chi connectivity index (χ3n) is 18.4. The van der Waals surface area contributed by atoms with Crippen LogP contribution in [0.25, 0.3) is 10.8 Å². The summed E-state index contributed by atoms with van der Waals surface area (Å²) in [6.07, 6.45) is 0. The minimum atomic E-state index is 0. The summed E-state index contributed by atoms with van der Waals surface area (Å²) in [6, 6.07) is 14.3. The van der Waals surface area contributed by atoms with Crippen molar-refractivity contribution in [2.45, 2.75) is 138 Å². The van der Waals surface area contributed by atoms with Crippen molar-refractivity contribution in [3.8, 4) is 0 Å². The molecule has 0 radical (unpaired) electrons. The number of benzene rings is 2. The van der Waals surface area contributed by atoms with Gasteiger partial charge in [0.1, 0.15) is 0 Å². The molecule has 4 saturated carbocycles. The van der Waals surface area contributed by atoms with Gasteiger partial charge >= 0.3 is 43.4 Å². The van der Waals surface area contributed by atoms with E-state index < -0.39 is 0 Å². The molecule has 0 aromatic heterocycles.